The maximum Gasteiger partial charge on any atom is 0.573 e. The molecule has 0 amide bonds. The molecule has 0 radical (unpaired) electrons. The number of nitrogens with two attached hydrogens (primary N) is 4. The van der Waals surface area contributed by atoms with Crippen molar-refractivity contribution in [3.63, 3.8) is 0 Å². The van der Waals surface area contributed by atoms with Crippen molar-refractivity contribution in [2.24, 2.45) is 0 Å². The fraction of sp³-hybridized carbons (Fsp3) is 0.111. The minimum Gasteiger partial charge on any atom is -0.494 e. The minimum atomic E-state index is -4.75. The van der Waals surface area contributed by atoms with E-state index in [0.717, 1.165) is 51.3 Å². The average molecular weight is 1590 g/mol. The van der Waals surface area contributed by atoms with E-state index in [4.69, 9.17) is 27.7 Å². The molecule has 0 aliphatic carbocycles. The Morgan fingerprint density at radius 2 is 0.791 bits per heavy atom. The minimum absolute atomic E-state index is 0.0216. The standard InChI is InChI=1S/C18H13F4N7O.C18H14F3N7O.C18H14F3N7.C18H15F2N7O/c1-30-11-6-5-9(8-10(11)19)24-17-27-15(26-16(23)28-17)13-14(18(20,21)22)25-12-4-2-3-7-29(12)13;1-10-23-13-4-2-3-5-14(13)28(10)17-26-15(22)25-16(27-17)24-11-6-8-12(9-7-11)29-18(19,20)21;1-10-23-13-4-2-3-5-14(13)28(10)17-26-15(22)25-16(27-17)24-12-8-6-11(7-9-12)18(19,20)21;1-10-22-13-4-2-3-5-14(13)27(10)18-25-16(21)24-17(26-18)23-11-6-8-12(9-7-11)28-15(19)20/h2-8H,1H3,(H3,23,24,26,27,28);2-9H,1H3,(H3,22,24,25,26,27);2-9H,1H3,(H3,22,24,25,26,27);2-9,15H,1H3,(H3,21,23,24,25,26). The Labute approximate surface area is 638 Å². The summed E-state index contributed by atoms with van der Waals surface area (Å²) in [5.41, 5.74) is 27.4. The Bertz CT molecular complexity index is 6180. The largest absolute Gasteiger partial charge is 0.573 e. The van der Waals surface area contributed by atoms with E-state index >= 15 is 0 Å². The predicted octanol–water partition coefficient (Wildman–Crippen LogP) is 14.7. The highest BCUT2D eigenvalue weighted by atomic mass is 19.4. The molecule has 9 aromatic heterocycles. The first kappa shape index (κ1) is 77.8. The molecule has 9 heterocycles. The maximum absolute atomic E-state index is 13.9. The van der Waals surface area contributed by atoms with Crippen LogP contribution in [-0.2, 0) is 12.4 Å². The van der Waals surface area contributed by atoms with Gasteiger partial charge in [0.15, 0.2) is 23.1 Å². The van der Waals surface area contributed by atoms with Gasteiger partial charge in [0.2, 0.25) is 65.4 Å². The molecule has 7 aromatic carbocycles. The van der Waals surface area contributed by atoms with Crippen molar-refractivity contribution in [1.29, 1.82) is 0 Å². The number of anilines is 12. The summed E-state index contributed by atoms with van der Waals surface area (Å²) in [7, 11) is 1.32. The van der Waals surface area contributed by atoms with Crippen LogP contribution in [0.3, 0.4) is 0 Å². The van der Waals surface area contributed by atoms with Crippen molar-refractivity contribution in [2.75, 3.05) is 51.3 Å². The Hall–Kier alpha value is -15.4. The third-order valence-corrected chi connectivity index (χ3v) is 15.9. The van der Waals surface area contributed by atoms with Crippen LogP contribution in [0.5, 0.6) is 17.2 Å². The lowest BCUT2D eigenvalue weighted by Gasteiger charge is -2.11. The van der Waals surface area contributed by atoms with Crippen LogP contribution >= 0.6 is 0 Å². The predicted molar refractivity (Wildman–Crippen MR) is 398 cm³/mol. The van der Waals surface area contributed by atoms with Gasteiger partial charge < -0.3 is 58.4 Å². The van der Waals surface area contributed by atoms with Gasteiger partial charge >= 0.3 is 25.3 Å². The Balaban J connectivity index is 0.000000134. The summed E-state index contributed by atoms with van der Waals surface area (Å²) in [5, 5.41) is 11.4. The maximum atomic E-state index is 13.9. The number of fused-ring (bicyclic) bond motifs is 4. The summed E-state index contributed by atoms with van der Waals surface area (Å²) in [6.45, 7) is 2.59. The lowest BCUT2D eigenvalue weighted by Crippen LogP contribution is -2.17. The smallest absolute Gasteiger partial charge is 0.494 e. The van der Waals surface area contributed by atoms with Crippen LogP contribution in [-0.4, -0.2) is 118 Å². The number of imidazole rings is 4. The summed E-state index contributed by atoms with van der Waals surface area (Å²) in [6, 6.07) is 46.7. The second-order valence-electron chi connectivity index (χ2n) is 23.9. The second-order valence-corrected chi connectivity index (χ2v) is 23.9. The molecule has 0 fully saturated rings. The van der Waals surface area contributed by atoms with Crippen molar-refractivity contribution in [3.05, 3.63) is 223 Å². The van der Waals surface area contributed by atoms with Gasteiger partial charge in [-0.3, -0.25) is 18.1 Å². The first-order valence-electron chi connectivity index (χ1n) is 33.3. The monoisotopic (exact) mass is 1590 g/mol. The van der Waals surface area contributed by atoms with Gasteiger partial charge in [-0.25, -0.2) is 24.3 Å². The van der Waals surface area contributed by atoms with E-state index in [2.05, 4.69) is 110 Å². The lowest BCUT2D eigenvalue weighted by molar-refractivity contribution is -0.274. The van der Waals surface area contributed by atoms with E-state index < -0.39 is 48.1 Å². The van der Waals surface area contributed by atoms with Crippen LogP contribution in [0.1, 0.15) is 28.7 Å². The number of methoxy groups -OCH3 is 1. The Morgan fingerprint density at radius 1 is 0.400 bits per heavy atom. The van der Waals surface area contributed by atoms with E-state index in [1.54, 1.807) is 38.0 Å². The molecular weight excluding hydrogens is 1530 g/mol. The molecule has 0 atom stereocenters. The number of ether oxygens (including phenoxy) is 3. The Morgan fingerprint density at radius 3 is 1.20 bits per heavy atom. The molecule has 115 heavy (non-hydrogen) atoms. The summed E-state index contributed by atoms with van der Waals surface area (Å²) in [5.74, 6) is 1.56. The highest BCUT2D eigenvalue weighted by Gasteiger charge is 2.40. The van der Waals surface area contributed by atoms with Crippen molar-refractivity contribution in [2.45, 2.75) is 46.1 Å². The fourth-order valence-corrected chi connectivity index (χ4v) is 11.2. The molecule has 43 heteroatoms. The summed E-state index contributed by atoms with van der Waals surface area (Å²) >= 11 is 0. The number of nitrogen functional groups attached to an aromatic ring is 4. The van der Waals surface area contributed by atoms with Gasteiger partial charge in [-0.15, -0.1) is 13.2 Å². The molecule has 586 valence electrons. The van der Waals surface area contributed by atoms with Crippen molar-refractivity contribution in [3.8, 4) is 46.6 Å². The van der Waals surface area contributed by atoms with Gasteiger partial charge in [0.25, 0.3) is 0 Å². The molecule has 0 saturated carbocycles. The van der Waals surface area contributed by atoms with Gasteiger partial charge in [-0.2, -0.15) is 94.9 Å². The van der Waals surface area contributed by atoms with Crippen LogP contribution in [0.15, 0.2) is 188 Å². The molecule has 0 aliphatic heterocycles. The number of aromatic nitrogens is 20. The van der Waals surface area contributed by atoms with E-state index in [-0.39, 0.29) is 93.9 Å². The molecular formula is C72H56F12N28O3. The molecule has 12 N–H and O–H groups in total. The van der Waals surface area contributed by atoms with E-state index in [0.29, 0.717) is 40.5 Å². The summed E-state index contributed by atoms with van der Waals surface area (Å²) in [4.78, 5) is 66.6. The lowest BCUT2D eigenvalue weighted by atomic mass is 10.2. The van der Waals surface area contributed by atoms with Crippen LogP contribution in [0.4, 0.5) is 123 Å². The van der Waals surface area contributed by atoms with Crippen molar-refractivity contribution in [1.82, 2.24) is 97.8 Å². The number of hydrogen-bond acceptors (Lipinski definition) is 27. The number of rotatable bonds is 16. The fourth-order valence-electron chi connectivity index (χ4n) is 11.2. The summed E-state index contributed by atoms with van der Waals surface area (Å²) < 4.78 is 174. The van der Waals surface area contributed by atoms with Gasteiger partial charge in [0, 0.05) is 35.0 Å². The highest BCUT2D eigenvalue weighted by molar-refractivity contribution is 5.80. The van der Waals surface area contributed by atoms with Crippen molar-refractivity contribution >= 4 is 109 Å². The van der Waals surface area contributed by atoms with Crippen LogP contribution in [0, 0.1) is 26.6 Å². The SMILES string of the molecule is COc1ccc(Nc2nc(N)nc(-c3c(C(F)(F)F)nc4ccccn34)n2)cc1F.Cc1nc2ccccc2n1-c1nc(N)nc(Nc2ccc(C(F)(F)F)cc2)n1.Cc1nc2ccccc2n1-c1nc(N)nc(Nc2ccc(OC(F)(F)F)cc2)n1.Cc1nc2ccccc2n1-c1nc(N)nc(Nc2ccc(OC(F)F)cc2)n1. The molecule has 0 spiro atoms. The quantitative estimate of drug-likeness (QED) is 0.0416. The first-order chi connectivity index (χ1) is 54.8. The number of hydrogen-bond donors (Lipinski definition) is 8. The number of pyridine rings is 1. The number of nitrogens with one attached hydrogen (secondary N) is 4. The molecule has 31 nitrogen and oxygen atoms in total. The molecule has 0 bridgehead atoms. The topological polar surface area (TPSA) is 405 Å². The first-order valence-corrected chi connectivity index (χ1v) is 33.3. The number of halogens is 12. The zero-order valence-corrected chi connectivity index (χ0v) is 59.5. The van der Waals surface area contributed by atoms with Crippen LogP contribution in [0.2, 0.25) is 0 Å². The number of benzene rings is 7. The normalized spacial score (nSPS) is 11.5. The molecule has 0 unspecified atom stereocenters. The molecule has 0 aliphatic rings. The number of aryl methyl sites for hydroxylation is 3. The van der Waals surface area contributed by atoms with E-state index in [1.165, 1.54) is 84.4 Å². The van der Waals surface area contributed by atoms with E-state index in [1.807, 2.05) is 93.6 Å². The zero-order chi connectivity index (χ0) is 81.6. The molecule has 0 saturated heterocycles. The third-order valence-electron chi connectivity index (χ3n) is 15.9. The number of para-hydroxylation sites is 6. The third kappa shape index (κ3) is 18.6. The average Bonchev–Trinajstić information content (AvgIpc) is 1.63. The highest BCUT2D eigenvalue weighted by Crippen LogP contribution is 2.38. The van der Waals surface area contributed by atoms with Gasteiger partial charge in [0.05, 0.1) is 45.8 Å². The molecule has 16 rings (SSSR count). The summed E-state index contributed by atoms with van der Waals surface area (Å²) in [6.07, 6.45) is -12.5. The second kappa shape index (κ2) is 32.3. The van der Waals surface area contributed by atoms with E-state index in [9.17, 15) is 52.7 Å². The Kier molecular flexibility index (Phi) is 21.8. The van der Waals surface area contributed by atoms with Crippen LogP contribution in [0.25, 0.3) is 68.1 Å². The van der Waals surface area contributed by atoms with Crippen LogP contribution < -0.4 is 58.4 Å². The van der Waals surface area contributed by atoms with Gasteiger partial charge in [-0.1, -0.05) is 42.5 Å². The number of nitrogens with zero attached hydrogens (tertiary/aromatic N) is 20. The zero-order valence-electron chi connectivity index (χ0n) is 59.5. The van der Waals surface area contributed by atoms with Gasteiger partial charge in [0.1, 0.15) is 40.3 Å². The van der Waals surface area contributed by atoms with Crippen molar-refractivity contribution < 1.29 is 66.9 Å². The van der Waals surface area contributed by atoms with Gasteiger partial charge in [-0.05, 0) is 154 Å². The molecule has 16 aromatic rings. The number of alkyl halides is 11.